The molecule has 0 saturated carbocycles. The van der Waals surface area contributed by atoms with Gasteiger partial charge in [0.25, 0.3) is 10.0 Å². The highest BCUT2D eigenvalue weighted by Crippen LogP contribution is 2.33. The molecule has 1 amide bonds. The van der Waals surface area contributed by atoms with E-state index in [-0.39, 0.29) is 23.0 Å². The van der Waals surface area contributed by atoms with Crippen LogP contribution in [-0.2, 0) is 27.7 Å². The first kappa shape index (κ1) is 21.0. The van der Waals surface area contributed by atoms with Gasteiger partial charge in [-0.05, 0) is 78.6 Å². The van der Waals surface area contributed by atoms with E-state index in [2.05, 4.69) is 5.32 Å². The number of sulfonamides is 1. The molecule has 3 aromatic carbocycles. The molecule has 0 bridgehead atoms. The third-order valence-corrected chi connectivity index (χ3v) is 6.95. The van der Waals surface area contributed by atoms with E-state index in [4.69, 9.17) is 0 Å². The van der Waals surface area contributed by atoms with Crippen LogP contribution in [0.5, 0.6) is 0 Å². The van der Waals surface area contributed by atoms with Gasteiger partial charge >= 0.3 is 0 Å². The first-order chi connectivity index (χ1) is 14.8. The summed E-state index contributed by atoms with van der Waals surface area (Å²) in [4.78, 5) is 12.4. The number of fused-ring (bicyclic) bond motifs is 1. The van der Waals surface area contributed by atoms with Crippen LogP contribution in [-0.4, -0.2) is 20.9 Å². The molecule has 1 heterocycles. The lowest BCUT2D eigenvalue weighted by Gasteiger charge is -2.31. The molecule has 0 radical (unpaired) electrons. The minimum absolute atomic E-state index is 0.0263. The van der Waals surface area contributed by atoms with Crippen molar-refractivity contribution in [3.05, 3.63) is 89.5 Å². The van der Waals surface area contributed by atoms with E-state index in [1.54, 1.807) is 30.3 Å². The van der Waals surface area contributed by atoms with Gasteiger partial charge in [-0.2, -0.15) is 0 Å². The van der Waals surface area contributed by atoms with Crippen molar-refractivity contribution in [3.8, 4) is 0 Å². The monoisotopic (exact) mass is 442 g/mol. The van der Waals surface area contributed by atoms with Crippen molar-refractivity contribution in [2.45, 2.75) is 24.2 Å². The first-order valence-corrected chi connectivity index (χ1v) is 11.2. The van der Waals surface area contributed by atoms with Gasteiger partial charge in [0.15, 0.2) is 0 Å². The highest BCUT2D eigenvalue weighted by atomic mass is 32.2. The first-order valence-electron chi connectivity index (χ1n) is 9.78. The molecule has 0 fully saturated rings. The van der Waals surface area contributed by atoms with Gasteiger partial charge in [0, 0.05) is 12.2 Å². The lowest BCUT2D eigenvalue weighted by Crippen LogP contribution is -2.35. The van der Waals surface area contributed by atoms with Crippen molar-refractivity contribution in [1.29, 1.82) is 0 Å². The molecule has 3 aromatic rings. The van der Waals surface area contributed by atoms with E-state index in [1.807, 2.05) is 0 Å². The summed E-state index contributed by atoms with van der Waals surface area (Å²) in [6, 6.07) is 15.6. The summed E-state index contributed by atoms with van der Waals surface area (Å²) in [5, 5.41) is 2.80. The minimum atomic E-state index is -3.82. The second-order valence-electron chi connectivity index (χ2n) is 7.33. The zero-order chi connectivity index (χ0) is 22.0. The summed E-state index contributed by atoms with van der Waals surface area (Å²) in [5.41, 5.74) is 2.60. The van der Waals surface area contributed by atoms with E-state index >= 15 is 0 Å². The number of nitrogens with one attached hydrogen (secondary N) is 1. The molecule has 0 spiro atoms. The fourth-order valence-corrected chi connectivity index (χ4v) is 5.16. The van der Waals surface area contributed by atoms with Crippen LogP contribution in [0.25, 0.3) is 0 Å². The number of hydrogen-bond donors (Lipinski definition) is 1. The number of benzene rings is 3. The maximum Gasteiger partial charge on any atom is 0.264 e. The number of hydrogen-bond acceptors (Lipinski definition) is 3. The second-order valence-corrected chi connectivity index (χ2v) is 9.19. The predicted octanol–water partition coefficient (Wildman–Crippen LogP) is 4.29. The smallest absolute Gasteiger partial charge is 0.264 e. The summed E-state index contributed by atoms with van der Waals surface area (Å²) in [7, 11) is -3.82. The lowest BCUT2D eigenvalue weighted by molar-refractivity contribution is -0.115. The molecular weight excluding hydrogens is 422 g/mol. The average molecular weight is 442 g/mol. The molecular formula is C23H20F2N2O3S. The zero-order valence-corrected chi connectivity index (χ0v) is 17.3. The summed E-state index contributed by atoms with van der Waals surface area (Å²) in [5.74, 6) is -1.11. The van der Waals surface area contributed by atoms with Crippen molar-refractivity contribution in [2.24, 2.45) is 0 Å². The van der Waals surface area contributed by atoms with Crippen LogP contribution in [0.15, 0.2) is 71.6 Å². The zero-order valence-electron chi connectivity index (χ0n) is 16.5. The van der Waals surface area contributed by atoms with E-state index < -0.39 is 15.8 Å². The van der Waals surface area contributed by atoms with Gasteiger partial charge in [-0.15, -0.1) is 0 Å². The predicted molar refractivity (Wildman–Crippen MR) is 114 cm³/mol. The largest absolute Gasteiger partial charge is 0.326 e. The molecule has 0 unspecified atom stereocenters. The van der Waals surface area contributed by atoms with Crippen molar-refractivity contribution in [2.75, 3.05) is 16.2 Å². The Labute approximate surface area is 179 Å². The van der Waals surface area contributed by atoms with Gasteiger partial charge in [-0.1, -0.05) is 12.1 Å². The highest BCUT2D eigenvalue weighted by molar-refractivity contribution is 7.92. The Morgan fingerprint density at radius 2 is 1.58 bits per heavy atom. The minimum Gasteiger partial charge on any atom is -0.326 e. The Morgan fingerprint density at radius 3 is 2.26 bits per heavy atom. The van der Waals surface area contributed by atoms with Crippen LogP contribution >= 0.6 is 0 Å². The Kier molecular flexibility index (Phi) is 5.73. The third-order valence-electron chi connectivity index (χ3n) is 5.12. The van der Waals surface area contributed by atoms with Gasteiger partial charge in [-0.3, -0.25) is 9.10 Å². The third kappa shape index (κ3) is 4.59. The van der Waals surface area contributed by atoms with Crippen LogP contribution in [0.4, 0.5) is 20.2 Å². The molecule has 1 aliphatic heterocycles. The maximum atomic E-state index is 13.2. The summed E-state index contributed by atoms with van der Waals surface area (Å²) in [6.45, 7) is 0.322. The molecule has 8 heteroatoms. The standard InChI is InChI=1S/C23H20F2N2O3S/c24-18-5-3-16(4-6-18)14-23(28)26-20-9-12-22-17(15-20)2-1-13-27(22)31(29,30)21-10-7-19(25)8-11-21/h3-12,15H,1-2,13-14H2,(H,26,28). The van der Waals surface area contributed by atoms with E-state index in [1.165, 1.54) is 28.6 Å². The number of aryl methyl sites for hydroxylation is 1. The molecule has 5 nitrogen and oxygen atoms in total. The van der Waals surface area contributed by atoms with Gasteiger partial charge in [0.1, 0.15) is 11.6 Å². The molecule has 160 valence electrons. The number of halogens is 2. The van der Waals surface area contributed by atoms with Crippen molar-refractivity contribution >= 4 is 27.3 Å². The molecule has 1 N–H and O–H groups in total. The van der Waals surface area contributed by atoms with Crippen LogP contribution in [0.2, 0.25) is 0 Å². The van der Waals surface area contributed by atoms with Crippen LogP contribution < -0.4 is 9.62 Å². The van der Waals surface area contributed by atoms with E-state index in [0.29, 0.717) is 36.3 Å². The number of carbonyl (C=O) groups excluding carboxylic acids is 1. The molecule has 0 saturated heterocycles. The summed E-state index contributed by atoms with van der Waals surface area (Å²) in [6.07, 6.45) is 1.40. The van der Waals surface area contributed by atoms with Gasteiger partial charge < -0.3 is 5.32 Å². The fourth-order valence-electron chi connectivity index (χ4n) is 3.62. The van der Waals surface area contributed by atoms with Crippen LogP contribution in [0.1, 0.15) is 17.5 Å². The van der Waals surface area contributed by atoms with Gasteiger partial charge in [-0.25, -0.2) is 17.2 Å². The highest BCUT2D eigenvalue weighted by Gasteiger charge is 2.29. The molecule has 0 aliphatic carbocycles. The fraction of sp³-hybridized carbons (Fsp3) is 0.174. The second kappa shape index (κ2) is 8.47. The normalized spacial score (nSPS) is 13.5. The number of anilines is 2. The molecule has 4 rings (SSSR count). The van der Waals surface area contributed by atoms with Gasteiger partial charge in [0.05, 0.1) is 17.0 Å². The quantitative estimate of drug-likeness (QED) is 0.641. The Hall–Kier alpha value is -3.26. The number of carbonyl (C=O) groups is 1. The molecule has 0 atom stereocenters. The number of nitrogens with zero attached hydrogens (tertiary/aromatic N) is 1. The van der Waals surface area contributed by atoms with Crippen LogP contribution in [0, 0.1) is 11.6 Å². The van der Waals surface area contributed by atoms with Crippen LogP contribution in [0.3, 0.4) is 0 Å². The Bertz CT molecular complexity index is 1210. The lowest BCUT2D eigenvalue weighted by atomic mass is 10.0. The molecule has 31 heavy (non-hydrogen) atoms. The van der Waals surface area contributed by atoms with Crippen molar-refractivity contribution in [3.63, 3.8) is 0 Å². The SMILES string of the molecule is O=C(Cc1ccc(F)cc1)Nc1ccc2c(c1)CCCN2S(=O)(=O)c1ccc(F)cc1. The average Bonchev–Trinajstić information content (AvgIpc) is 2.75. The van der Waals surface area contributed by atoms with Crippen molar-refractivity contribution in [1.82, 2.24) is 0 Å². The van der Waals surface area contributed by atoms with Crippen molar-refractivity contribution < 1.29 is 22.0 Å². The number of amides is 1. The maximum absolute atomic E-state index is 13.2. The Balaban J connectivity index is 1.53. The van der Waals surface area contributed by atoms with E-state index in [9.17, 15) is 22.0 Å². The summed E-state index contributed by atoms with van der Waals surface area (Å²) < 4.78 is 53.6. The molecule has 1 aliphatic rings. The Morgan fingerprint density at radius 1 is 0.935 bits per heavy atom. The number of rotatable bonds is 5. The summed E-state index contributed by atoms with van der Waals surface area (Å²) >= 11 is 0. The van der Waals surface area contributed by atoms with E-state index in [0.717, 1.165) is 17.7 Å². The topological polar surface area (TPSA) is 66.5 Å². The van der Waals surface area contributed by atoms with Gasteiger partial charge in [0.2, 0.25) is 5.91 Å². The molecule has 0 aromatic heterocycles.